The minimum absolute atomic E-state index is 0.0144. The second-order valence-electron chi connectivity index (χ2n) is 12.0. The van der Waals surface area contributed by atoms with Crippen LogP contribution in [-0.4, -0.2) is 35.5 Å². The molecule has 11 atom stereocenters. The van der Waals surface area contributed by atoms with Gasteiger partial charge < -0.3 is 14.9 Å². The van der Waals surface area contributed by atoms with Gasteiger partial charge in [0.2, 0.25) is 0 Å². The van der Waals surface area contributed by atoms with Gasteiger partial charge in [0.1, 0.15) is 0 Å². The molecule has 0 amide bonds. The van der Waals surface area contributed by atoms with Crippen LogP contribution in [0.15, 0.2) is 0 Å². The maximum absolute atomic E-state index is 11.9. The zero-order valence-corrected chi connectivity index (χ0v) is 20.4. The van der Waals surface area contributed by atoms with Crippen LogP contribution in [-0.2, 0) is 9.53 Å². The average molecular weight is 436 g/mol. The molecule has 0 radical (unpaired) electrons. The highest BCUT2D eigenvalue weighted by molar-refractivity contribution is 5.69. The van der Waals surface area contributed by atoms with Crippen LogP contribution in [0.1, 0.15) is 93.3 Å². The lowest BCUT2D eigenvalue weighted by molar-refractivity contribution is -0.203. The number of ether oxygens (including phenoxy) is 1. The number of aliphatic hydroxyl groups is 2. The van der Waals surface area contributed by atoms with E-state index in [1.54, 1.807) is 0 Å². The number of rotatable bonds is 5. The van der Waals surface area contributed by atoms with Crippen molar-refractivity contribution in [1.29, 1.82) is 0 Å². The van der Waals surface area contributed by atoms with Crippen molar-refractivity contribution in [2.45, 2.75) is 104 Å². The zero-order valence-electron chi connectivity index (χ0n) is 21.4. The number of esters is 1. The Labute approximate surface area is 190 Å². The number of methoxy groups -OCH3 is 1. The summed E-state index contributed by atoms with van der Waals surface area (Å²) in [6.45, 7) is 9.26. The fourth-order valence-electron chi connectivity index (χ4n) is 9.29. The molecule has 4 fully saturated rings. The lowest BCUT2D eigenvalue weighted by Gasteiger charge is -2.64. The van der Waals surface area contributed by atoms with E-state index < -0.39 is 6.08 Å². The van der Waals surface area contributed by atoms with Crippen molar-refractivity contribution in [2.24, 2.45) is 52.3 Å². The standard InChI is InChI=1S/C27H46O4/c1-6-18-22-15-17(28)11-13-27(22,4)21-12-14-26(3)19(16(2)7-10-23(29)31-5)8-9-20(26)24(21)25(18)30/h16-22,24-25,28,30H,6-15H2,1-5H3/t16-,17-,18-,19-,20+,21+,22+,24+,25-,26-,27-/m1/s1/i25D. The first-order valence-electron chi connectivity index (χ1n) is 13.5. The maximum atomic E-state index is 11.9. The lowest BCUT2D eigenvalue weighted by atomic mass is 9.41. The van der Waals surface area contributed by atoms with Crippen LogP contribution in [0.5, 0.6) is 0 Å². The Morgan fingerprint density at radius 3 is 2.45 bits per heavy atom. The Morgan fingerprint density at radius 2 is 1.77 bits per heavy atom. The smallest absolute Gasteiger partial charge is 0.305 e. The predicted molar refractivity (Wildman–Crippen MR) is 122 cm³/mol. The van der Waals surface area contributed by atoms with Crippen LogP contribution in [0.2, 0.25) is 0 Å². The lowest BCUT2D eigenvalue weighted by Crippen LogP contribution is -2.62. The van der Waals surface area contributed by atoms with Gasteiger partial charge in [-0.2, -0.15) is 0 Å². The van der Waals surface area contributed by atoms with Crippen molar-refractivity contribution in [3.63, 3.8) is 0 Å². The molecule has 0 spiro atoms. The van der Waals surface area contributed by atoms with Crippen molar-refractivity contribution in [1.82, 2.24) is 0 Å². The highest BCUT2D eigenvalue weighted by atomic mass is 16.5. The number of hydrogen-bond acceptors (Lipinski definition) is 4. The quantitative estimate of drug-likeness (QED) is 0.582. The van der Waals surface area contributed by atoms with E-state index in [9.17, 15) is 16.4 Å². The van der Waals surface area contributed by atoms with Crippen molar-refractivity contribution in [2.75, 3.05) is 7.11 Å². The topological polar surface area (TPSA) is 66.8 Å². The molecule has 0 heterocycles. The molecule has 4 rings (SSSR count). The normalized spacial score (nSPS) is 53.0. The first-order chi connectivity index (χ1) is 15.0. The number of hydrogen-bond donors (Lipinski definition) is 2. The summed E-state index contributed by atoms with van der Waals surface area (Å²) in [6, 6.07) is 0. The Balaban J connectivity index is 1.63. The summed E-state index contributed by atoms with van der Waals surface area (Å²) in [5, 5.41) is 22.3. The SMILES string of the molecule is [2H][C@]1(O)[C@@H]2[C@H](CC[C@]3(C)[C@@H]([C@H](C)CCC(=O)OC)CC[C@@H]23)[C@@]2(C)CC[C@@H](O)C[C@H]2[C@H]1CC. The summed E-state index contributed by atoms with van der Waals surface area (Å²) in [5.74, 6) is 1.77. The third-order valence-corrected chi connectivity index (χ3v) is 10.9. The van der Waals surface area contributed by atoms with E-state index in [4.69, 9.17) is 4.74 Å². The molecule has 0 unspecified atom stereocenters. The average Bonchev–Trinajstić information content (AvgIpc) is 3.10. The molecule has 2 N–H and O–H groups in total. The third-order valence-electron chi connectivity index (χ3n) is 10.9. The largest absolute Gasteiger partial charge is 0.469 e. The summed E-state index contributed by atoms with van der Waals surface area (Å²) in [7, 11) is 1.46. The molecule has 4 aliphatic rings. The summed E-state index contributed by atoms with van der Waals surface area (Å²) in [6.07, 6.45) is 7.52. The van der Waals surface area contributed by atoms with E-state index in [0.29, 0.717) is 30.1 Å². The molecule has 0 aliphatic heterocycles. The first kappa shape index (κ1) is 22.2. The van der Waals surface area contributed by atoms with E-state index in [0.717, 1.165) is 57.8 Å². The molecule has 0 bridgehead atoms. The van der Waals surface area contributed by atoms with Crippen LogP contribution < -0.4 is 0 Å². The van der Waals surface area contributed by atoms with Gasteiger partial charge in [-0.3, -0.25) is 4.79 Å². The van der Waals surface area contributed by atoms with E-state index in [1.807, 2.05) is 0 Å². The van der Waals surface area contributed by atoms with Crippen molar-refractivity contribution < 1.29 is 21.1 Å². The molecule has 178 valence electrons. The van der Waals surface area contributed by atoms with E-state index in [-0.39, 0.29) is 40.7 Å². The van der Waals surface area contributed by atoms with Crippen LogP contribution in [0.3, 0.4) is 0 Å². The second-order valence-corrected chi connectivity index (χ2v) is 12.0. The van der Waals surface area contributed by atoms with Gasteiger partial charge in [0.25, 0.3) is 0 Å². The van der Waals surface area contributed by atoms with Crippen LogP contribution in [0, 0.1) is 52.3 Å². The molecule has 4 heteroatoms. The van der Waals surface area contributed by atoms with E-state index >= 15 is 0 Å². The minimum atomic E-state index is -1.42. The Bertz CT molecular complexity index is 710. The van der Waals surface area contributed by atoms with Gasteiger partial charge in [0.15, 0.2) is 0 Å². The van der Waals surface area contributed by atoms with Crippen molar-refractivity contribution >= 4 is 5.97 Å². The fourth-order valence-corrected chi connectivity index (χ4v) is 9.29. The van der Waals surface area contributed by atoms with Gasteiger partial charge in [-0.05, 0) is 104 Å². The first-order valence-corrected chi connectivity index (χ1v) is 13.0. The minimum Gasteiger partial charge on any atom is -0.469 e. The van der Waals surface area contributed by atoms with Crippen molar-refractivity contribution in [3.8, 4) is 0 Å². The third kappa shape index (κ3) is 3.68. The second kappa shape index (κ2) is 8.63. The van der Waals surface area contributed by atoms with Crippen molar-refractivity contribution in [3.05, 3.63) is 0 Å². The molecule has 4 saturated carbocycles. The van der Waals surface area contributed by atoms with Gasteiger partial charge in [-0.25, -0.2) is 0 Å². The van der Waals surface area contributed by atoms with Crippen LogP contribution >= 0.6 is 0 Å². The molecule has 0 aromatic carbocycles. The Kier molecular flexibility index (Phi) is 6.18. The molecule has 0 aromatic rings. The fraction of sp³-hybridized carbons (Fsp3) is 0.963. The van der Waals surface area contributed by atoms with E-state index in [2.05, 4.69) is 27.7 Å². The van der Waals surface area contributed by atoms with Gasteiger partial charge in [0, 0.05) is 6.42 Å². The Morgan fingerprint density at radius 1 is 1.10 bits per heavy atom. The van der Waals surface area contributed by atoms with Gasteiger partial charge in [-0.1, -0.05) is 34.1 Å². The molecule has 0 saturated heterocycles. The highest BCUT2D eigenvalue weighted by Gasteiger charge is 2.64. The molecule has 4 nitrogen and oxygen atoms in total. The summed E-state index contributed by atoms with van der Waals surface area (Å²) in [5.41, 5.74) is 0.245. The van der Waals surface area contributed by atoms with Crippen LogP contribution in [0.25, 0.3) is 0 Å². The maximum Gasteiger partial charge on any atom is 0.305 e. The Hall–Kier alpha value is -0.610. The monoisotopic (exact) mass is 435 g/mol. The summed E-state index contributed by atoms with van der Waals surface area (Å²) >= 11 is 0. The molecule has 0 aromatic heterocycles. The molecule has 4 aliphatic carbocycles. The molecular weight excluding hydrogens is 388 g/mol. The van der Waals surface area contributed by atoms with Gasteiger partial charge >= 0.3 is 5.97 Å². The van der Waals surface area contributed by atoms with Crippen LogP contribution in [0.4, 0.5) is 0 Å². The zero-order chi connectivity index (χ0) is 23.5. The van der Waals surface area contributed by atoms with E-state index in [1.165, 1.54) is 7.11 Å². The highest BCUT2D eigenvalue weighted by Crippen LogP contribution is 2.69. The van der Waals surface area contributed by atoms with Gasteiger partial charge in [0.05, 0.1) is 20.7 Å². The van der Waals surface area contributed by atoms with Gasteiger partial charge in [-0.15, -0.1) is 0 Å². The molecule has 31 heavy (non-hydrogen) atoms. The number of aliphatic hydroxyl groups excluding tert-OH is 1. The number of carbonyl (C=O) groups is 1. The summed E-state index contributed by atoms with van der Waals surface area (Å²) < 4.78 is 14.2. The number of carbonyl (C=O) groups excluding carboxylic acids is 1. The predicted octanol–water partition coefficient (Wildman–Crippen LogP) is 5.20. The molecular formula is C27H46O4. The number of fused-ring (bicyclic) bond motifs is 5. The summed E-state index contributed by atoms with van der Waals surface area (Å²) in [4.78, 5) is 11.7.